The summed E-state index contributed by atoms with van der Waals surface area (Å²) in [6.07, 6.45) is 4.40. The molecule has 0 spiro atoms. The number of para-hydroxylation sites is 1. The number of phenolic OH excluding ortho intramolecular Hbond substituents is 1. The number of phenols is 1. The topological polar surface area (TPSA) is 68.1 Å². The molecule has 5 aromatic carbocycles. The van der Waals surface area contributed by atoms with E-state index in [2.05, 4.69) is 65.6 Å². The second kappa shape index (κ2) is 8.86. The number of benzene rings is 5. The highest BCUT2D eigenvalue weighted by Crippen LogP contribution is 2.38. The Morgan fingerprint density at radius 1 is 0.595 bits per heavy atom. The lowest BCUT2D eigenvalue weighted by atomic mass is 9.93. The Morgan fingerprint density at radius 3 is 2.05 bits per heavy atom. The van der Waals surface area contributed by atoms with Crippen LogP contribution in [0.4, 0.5) is 0 Å². The highest BCUT2D eigenvalue weighted by atomic mass is 16.5. The van der Waals surface area contributed by atoms with E-state index in [1.165, 1.54) is 16.2 Å². The first-order valence-corrected chi connectivity index (χ1v) is 12.8. The number of aromatic hydroxyl groups is 1. The Balaban J connectivity index is 1.51. The lowest BCUT2D eigenvalue weighted by Crippen LogP contribution is -2.14. The van der Waals surface area contributed by atoms with Crippen LogP contribution >= 0.6 is 0 Å². The molecule has 180 valence electrons. The van der Waals surface area contributed by atoms with Gasteiger partial charge in [0.25, 0.3) is 0 Å². The Bertz CT molecular complexity index is 1790. The van der Waals surface area contributed by atoms with Crippen molar-refractivity contribution in [3.8, 4) is 34.5 Å². The molecule has 0 aliphatic heterocycles. The Morgan fingerprint density at radius 2 is 1.24 bits per heavy atom. The number of rotatable bonds is 4. The van der Waals surface area contributed by atoms with E-state index in [0.717, 1.165) is 47.4 Å². The van der Waals surface area contributed by atoms with Gasteiger partial charge in [-0.1, -0.05) is 72.8 Å². The molecule has 6 aromatic rings. The van der Waals surface area contributed by atoms with Crippen LogP contribution in [0.3, 0.4) is 0 Å². The maximum atomic E-state index is 10.6. The number of fused-ring (bicyclic) bond motifs is 5. The van der Waals surface area contributed by atoms with Crippen LogP contribution in [0, 0.1) is 0 Å². The molecular formula is C32H25N3O2. The molecule has 1 saturated carbocycles. The smallest absolute Gasteiger partial charge is 0.320 e. The summed E-state index contributed by atoms with van der Waals surface area (Å²) in [7, 11) is 0. The van der Waals surface area contributed by atoms with Crippen LogP contribution in [0.5, 0.6) is 11.8 Å². The van der Waals surface area contributed by atoms with E-state index in [9.17, 15) is 5.11 Å². The van der Waals surface area contributed by atoms with Gasteiger partial charge >= 0.3 is 6.01 Å². The Labute approximate surface area is 214 Å². The van der Waals surface area contributed by atoms with Gasteiger partial charge in [0, 0.05) is 5.56 Å². The lowest BCUT2D eigenvalue weighted by Gasteiger charge is -2.15. The minimum atomic E-state index is 0.102. The van der Waals surface area contributed by atoms with E-state index in [1.54, 1.807) is 12.1 Å². The summed E-state index contributed by atoms with van der Waals surface area (Å²) < 4.78 is 6.27. The van der Waals surface area contributed by atoms with Gasteiger partial charge in [-0.05, 0) is 76.2 Å². The third-order valence-corrected chi connectivity index (χ3v) is 7.34. The van der Waals surface area contributed by atoms with Crippen LogP contribution in [0.15, 0.2) is 91.0 Å². The summed E-state index contributed by atoms with van der Waals surface area (Å²) in [5, 5.41) is 17.5. The molecule has 1 aliphatic rings. The minimum absolute atomic E-state index is 0.102. The van der Waals surface area contributed by atoms with E-state index in [-0.39, 0.29) is 11.9 Å². The molecule has 0 unspecified atom stereocenters. The van der Waals surface area contributed by atoms with Gasteiger partial charge in [-0.2, -0.15) is 9.97 Å². The van der Waals surface area contributed by atoms with Gasteiger partial charge in [-0.3, -0.25) is 0 Å². The molecule has 7 rings (SSSR count). The number of hydrogen-bond donors (Lipinski definition) is 1. The van der Waals surface area contributed by atoms with Gasteiger partial charge < -0.3 is 9.84 Å². The third kappa shape index (κ3) is 3.84. The second-order valence-electron chi connectivity index (χ2n) is 9.66. The largest absolute Gasteiger partial charge is 0.507 e. The molecule has 1 N–H and O–H groups in total. The number of aromatic nitrogens is 3. The summed E-state index contributed by atoms with van der Waals surface area (Å²) in [5.41, 5.74) is 1.47. The highest BCUT2D eigenvalue weighted by Gasteiger charge is 2.21. The van der Waals surface area contributed by atoms with Crippen molar-refractivity contribution in [3.63, 3.8) is 0 Å². The van der Waals surface area contributed by atoms with Gasteiger partial charge in [0.2, 0.25) is 0 Å². The van der Waals surface area contributed by atoms with E-state index in [0.29, 0.717) is 23.2 Å². The van der Waals surface area contributed by atoms with Crippen molar-refractivity contribution >= 4 is 32.3 Å². The normalized spacial score (nSPS) is 14.1. The van der Waals surface area contributed by atoms with Crippen molar-refractivity contribution in [2.75, 3.05) is 0 Å². The first-order valence-electron chi connectivity index (χ1n) is 12.8. The van der Waals surface area contributed by atoms with Crippen LogP contribution in [-0.2, 0) is 0 Å². The zero-order chi connectivity index (χ0) is 24.8. The Kier molecular flexibility index (Phi) is 5.21. The van der Waals surface area contributed by atoms with Crippen molar-refractivity contribution in [1.29, 1.82) is 0 Å². The third-order valence-electron chi connectivity index (χ3n) is 7.34. The Hall–Kier alpha value is -4.51. The average Bonchev–Trinajstić information content (AvgIpc) is 3.45. The van der Waals surface area contributed by atoms with Crippen molar-refractivity contribution in [3.05, 3.63) is 91.0 Å². The molecule has 1 heterocycles. The SMILES string of the molecule is Oc1ccccc1-c1nc(OC2CCCC2)nc(-c2cc3c4ccccc4ccc3c3ccccc23)n1. The van der Waals surface area contributed by atoms with Crippen LogP contribution in [-0.4, -0.2) is 26.2 Å². The maximum absolute atomic E-state index is 10.6. The van der Waals surface area contributed by atoms with Gasteiger partial charge in [0.15, 0.2) is 11.6 Å². The summed E-state index contributed by atoms with van der Waals surface area (Å²) in [4.78, 5) is 14.4. The minimum Gasteiger partial charge on any atom is -0.507 e. The van der Waals surface area contributed by atoms with E-state index in [4.69, 9.17) is 14.7 Å². The zero-order valence-corrected chi connectivity index (χ0v) is 20.3. The number of ether oxygens (including phenoxy) is 1. The molecule has 37 heavy (non-hydrogen) atoms. The predicted molar refractivity (Wildman–Crippen MR) is 148 cm³/mol. The first-order chi connectivity index (χ1) is 18.2. The molecule has 5 nitrogen and oxygen atoms in total. The highest BCUT2D eigenvalue weighted by molar-refractivity contribution is 6.20. The standard InChI is InChI=1S/C32H25N3O2/c36-29-16-8-7-15-26(29)30-33-31(35-32(34-30)37-21-10-2-3-11-21)28-19-27-22-12-4-1-9-20(22)17-18-25(27)23-13-5-6-14-24(23)28/h1,4-9,12-19,21,36H,2-3,10-11H2. The van der Waals surface area contributed by atoms with Gasteiger partial charge in [0.1, 0.15) is 11.9 Å². The number of nitrogens with zero attached hydrogens (tertiary/aromatic N) is 3. The summed E-state index contributed by atoms with van der Waals surface area (Å²) in [5.74, 6) is 1.06. The fraction of sp³-hybridized carbons (Fsp3) is 0.156. The van der Waals surface area contributed by atoms with Gasteiger partial charge in [-0.25, -0.2) is 4.98 Å². The molecule has 0 radical (unpaired) electrons. The van der Waals surface area contributed by atoms with E-state index in [1.807, 2.05) is 18.2 Å². The average molecular weight is 484 g/mol. The van der Waals surface area contributed by atoms with Crippen LogP contribution < -0.4 is 4.74 Å². The molecule has 1 fully saturated rings. The monoisotopic (exact) mass is 483 g/mol. The predicted octanol–water partition coefficient (Wildman–Crippen LogP) is 7.69. The molecule has 0 saturated heterocycles. The second-order valence-corrected chi connectivity index (χ2v) is 9.66. The molecule has 0 amide bonds. The van der Waals surface area contributed by atoms with Crippen molar-refractivity contribution < 1.29 is 9.84 Å². The quantitative estimate of drug-likeness (QED) is 0.260. The molecule has 1 aliphatic carbocycles. The first kappa shape index (κ1) is 21.7. The van der Waals surface area contributed by atoms with Crippen LogP contribution in [0.1, 0.15) is 25.7 Å². The molecule has 0 bridgehead atoms. The fourth-order valence-corrected chi connectivity index (χ4v) is 5.51. The summed E-state index contributed by atoms with van der Waals surface area (Å²) in [6, 6.07) is 30.8. The van der Waals surface area contributed by atoms with Crippen LogP contribution in [0.25, 0.3) is 55.1 Å². The molecule has 5 heteroatoms. The summed E-state index contributed by atoms with van der Waals surface area (Å²) in [6.45, 7) is 0. The zero-order valence-electron chi connectivity index (χ0n) is 20.3. The molecular weight excluding hydrogens is 458 g/mol. The van der Waals surface area contributed by atoms with Crippen molar-refractivity contribution in [2.45, 2.75) is 31.8 Å². The van der Waals surface area contributed by atoms with Crippen LogP contribution in [0.2, 0.25) is 0 Å². The maximum Gasteiger partial charge on any atom is 0.320 e. The van der Waals surface area contributed by atoms with Gasteiger partial charge in [0.05, 0.1) is 5.56 Å². The summed E-state index contributed by atoms with van der Waals surface area (Å²) >= 11 is 0. The van der Waals surface area contributed by atoms with Crippen molar-refractivity contribution in [1.82, 2.24) is 15.0 Å². The van der Waals surface area contributed by atoms with E-state index < -0.39 is 0 Å². The lowest BCUT2D eigenvalue weighted by molar-refractivity contribution is 0.192. The van der Waals surface area contributed by atoms with Gasteiger partial charge in [-0.15, -0.1) is 0 Å². The van der Waals surface area contributed by atoms with E-state index >= 15 is 0 Å². The van der Waals surface area contributed by atoms with Crippen molar-refractivity contribution in [2.24, 2.45) is 0 Å². The molecule has 0 atom stereocenters. The fourth-order valence-electron chi connectivity index (χ4n) is 5.51. The number of hydrogen-bond acceptors (Lipinski definition) is 5. The molecule has 1 aromatic heterocycles.